The number of nitrogens with zero attached hydrogens (tertiary/aromatic N) is 2. The second-order valence-corrected chi connectivity index (χ2v) is 9.15. The molecule has 1 spiro atoms. The quantitative estimate of drug-likeness (QED) is 0.881. The number of hydrogen-bond donors (Lipinski definition) is 1. The maximum absolute atomic E-state index is 12.4. The molecule has 2 aromatic rings. The molecule has 3 fully saturated rings. The smallest absolute Gasteiger partial charge is 0.261 e. The highest BCUT2D eigenvalue weighted by atomic mass is 32.1. The van der Waals surface area contributed by atoms with Crippen molar-refractivity contribution in [2.24, 2.45) is 11.8 Å². The SMILES string of the molecule is Cc1cc(N2C[C@@H]3[C@H](CNC(=O)c4cccs4)[C@H]4CC[C@]3(C2)O4)cc(C)n1. The van der Waals surface area contributed by atoms with Crippen LogP contribution in [0.4, 0.5) is 5.69 Å². The molecule has 3 saturated heterocycles. The predicted molar refractivity (Wildman–Crippen MR) is 106 cm³/mol. The fourth-order valence-electron chi connectivity index (χ4n) is 5.36. The first-order valence-corrected chi connectivity index (χ1v) is 10.6. The molecule has 4 atom stereocenters. The minimum Gasteiger partial charge on any atom is -0.369 e. The predicted octanol–water partition coefficient (Wildman–Crippen LogP) is 3.17. The fraction of sp³-hybridized carbons (Fsp3) is 0.524. The van der Waals surface area contributed by atoms with Gasteiger partial charge in [0.2, 0.25) is 0 Å². The third-order valence-electron chi connectivity index (χ3n) is 6.46. The summed E-state index contributed by atoms with van der Waals surface area (Å²) in [4.78, 5) is 20.1. The number of hydrogen-bond acceptors (Lipinski definition) is 5. The summed E-state index contributed by atoms with van der Waals surface area (Å²) < 4.78 is 6.53. The van der Waals surface area contributed by atoms with E-state index in [1.54, 1.807) is 0 Å². The molecular weight excluding hydrogens is 358 g/mol. The monoisotopic (exact) mass is 383 g/mol. The molecule has 1 amide bonds. The van der Waals surface area contributed by atoms with Crippen LogP contribution in [0.3, 0.4) is 0 Å². The summed E-state index contributed by atoms with van der Waals surface area (Å²) in [5.74, 6) is 0.919. The lowest BCUT2D eigenvalue weighted by Crippen LogP contribution is -2.41. The zero-order valence-electron chi connectivity index (χ0n) is 15.8. The molecular formula is C21H25N3O2S. The summed E-state index contributed by atoms with van der Waals surface area (Å²) >= 11 is 1.49. The maximum Gasteiger partial charge on any atom is 0.261 e. The van der Waals surface area contributed by atoms with Crippen LogP contribution >= 0.6 is 11.3 Å². The van der Waals surface area contributed by atoms with Crippen LogP contribution < -0.4 is 10.2 Å². The molecule has 0 radical (unpaired) electrons. The molecule has 0 aromatic carbocycles. The summed E-state index contributed by atoms with van der Waals surface area (Å²) in [5.41, 5.74) is 3.33. The number of aryl methyl sites for hydroxylation is 2. The van der Waals surface area contributed by atoms with Crippen molar-refractivity contribution in [3.05, 3.63) is 45.9 Å². The van der Waals surface area contributed by atoms with Gasteiger partial charge < -0.3 is 15.0 Å². The van der Waals surface area contributed by atoms with Crippen molar-refractivity contribution in [2.45, 2.75) is 38.4 Å². The van der Waals surface area contributed by atoms with Crippen LogP contribution in [0, 0.1) is 25.7 Å². The van der Waals surface area contributed by atoms with Gasteiger partial charge in [0.15, 0.2) is 0 Å². The first kappa shape index (κ1) is 17.2. The number of anilines is 1. The van der Waals surface area contributed by atoms with Gasteiger partial charge in [0.1, 0.15) is 0 Å². The van der Waals surface area contributed by atoms with Gasteiger partial charge in [-0.15, -0.1) is 11.3 Å². The van der Waals surface area contributed by atoms with Gasteiger partial charge in [0.05, 0.1) is 16.6 Å². The molecule has 3 aliphatic heterocycles. The van der Waals surface area contributed by atoms with E-state index in [0.717, 1.165) is 42.2 Å². The highest BCUT2D eigenvalue weighted by Crippen LogP contribution is 2.55. The summed E-state index contributed by atoms with van der Waals surface area (Å²) in [6.07, 6.45) is 2.54. The Labute approximate surface area is 163 Å². The third kappa shape index (κ3) is 2.86. The van der Waals surface area contributed by atoms with Crippen molar-refractivity contribution in [2.75, 3.05) is 24.5 Å². The van der Waals surface area contributed by atoms with E-state index >= 15 is 0 Å². The van der Waals surface area contributed by atoms with Crippen molar-refractivity contribution in [3.63, 3.8) is 0 Å². The van der Waals surface area contributed by atoms with E-state index in [1.165, 1.54) is 17.0 Å². The first-order valence-electron chi connectivity index (χ1n) is 9.74. The van der Waals surface area contributed by atoms with E-state index < -0.39 is 0 Å². The number of amides is 1. The van der Waals surface area contributed by atoms with E-state index in [4.69, 9.17) is 4.74 Å². The van der Waals surface area contributed by atoms with Crippen LogP contribution in [0.1, 0.15) is 33.9 Å². The number of carbonyl (C=O) groups is 1. The summed E-state index contributed by atoms with van der Waals surface area (Å²) in [6.45, 7) is 6.76. The second kappa shape index (κ2) is 6.31. The molecule has 0 aliphatic carbocycles. The molecule has 1 N–H and O–H groups in total. The highest BCUT2D eigenvalue weighted by molar-refractivity contribution is 7.12. The number of nitrogens with one attached hydrogen (secondary N) is 1. The van der Waals surface area contributed by atoms with Gasteiger partial charge in [0.25, 0.3) is 5.91 Å². The number of fused-ring (bicyclic) bond motifs is 1. The molecule has 2 aromatic heterocycles. The average molecular weight is 384 g/mol. The summed E-state index contributed by atoms with van der Waals surface area (Å²) in [5, 5.41) is 5.10. The van der Waals surface area contributed by atoms with E-state index in [2.05, 4.69) is 41.2 Å². The van der Waals surface area contributed by atoms with Crippen LogP contribution in [-0.4, -0.2) is 42.2 Å². The minimum atomic E-state index is -0.0337. The lowest BCUT2D eigenvalue weighted by molar-refractivity contribution is 0.0141. The highest BCUT2D eigenvalue weighted by Gasteiger charge is 2.62. The number of aromatic nitrogens is 1. The van der Waals surface area contributed by atoms with E-state index in [9.17, 15) is 4.79 Å². The van der Waals surface area contributed by atoms with Crippen molar-refractivity contribution in [1.82, 2.24) is 10.3 Å². The maximum atomic E-state index is 12.4. The summed E-state index contributed by atoms with van der Waals surface area (Å²) in [7, 11) is 0. The number of pyridine rings is 1. The number of ether oxygens (including phenoxy) is 1. The zero-order valence-corrected chi connectivity index (χ0v) is 16.6. The van der Waals surface area contributed by atoms with E-state index in [1.807, 2.05) is 17.5 Å². The standard InChI is InChI=1S/C21H25N3O2S/c1-13-8-15(9-14(2)23-13)24-11-17-16(18-5-6-21(17,12-24)26-18)10-22-20(25)19-4-3-7-27-19/h3-4,7-9,16-18H,5-6,10-12H2,1-2H3,(H,22,25)/t16-,17+,18+,21+/m0/s1. The van der Waals surface area contributed by atoms with Gasteiger partial charge in [0, 0.05) is 48.5 Å². The normalized spacial score (nSPS) is 31.3. The fourth-order valence-corrected chi connectivity index (χ4v) is 6.00. The zero-order chi connectivity index (χ0) is 18.6. The van der Waals surface area contributed by atoms with Gasteiger partial charge in [-0.25, -0.2) is 0 Å². The van der Waals surface area contributed by atoms with Crippen molar-refractivity contribution in [1.29, 1.82) is 0 Å². The Kier molecular flexibility index (Phi) is 4.02. The Balaban J connectivity index is 1.32. The topological polar surface area (TPSA) is 54.5 Å². The Bertz CT molecular complexity index is 848. The van der Waals surface area contributed by atoms with Gasteiger partial charge in [-0.05, 0) is 50.3 Å². The lowest BCUT2D eigenvalue weighted by atomic mass is 9.73. The van der Waals surface area contributed by atoms with Gasteiger partial charge in [-0.1, -0.05) is 6.07 Å². The Morgan fingerprint density at radius 1 is 1.41 bits per heavy atom. The molecule has 27 heavy (non-hydrogen) atoms. The minimum absolute atomic E-state index is 0.0337. The molecule has 6 heteroatoms. The summed E-state index contributed by atoms with van der Waals surface area (Å²) in [6, 6.07) is 8.14. The van der Waals surface area contributed by atoms with Crippen LogP contribution in [0.25, 0.3) is 0 Å². The lowest BCUT2D eigenvalue weighted by Gasteiger charge is -2.29. The van der Waals surface area contributed by atoms with Gasteiger partial charge in [-0.2, -0.15) is 0 Å². The second-order valence-electron chi connectivity index (χ2n) is 8.21. The van der Waals surface area contributed by atoms with Crippen molar-refractivity contribution >= 4 is 22.9 Å². The molecule has 0 unspecified atom stereocenters. The van der Waals surface area contributed by atoms with Crippen LogP contribution in [0.5, 0.6) is 0 Å². The van der Waals surface area contributed by atoms with Gasteiger partial charge in [-0.3, -0.25) is 9.78 Å². The molecule has 0 saturated carbocycles. The molecule has 142 valence electrons. The van der Waals surface area contributed by atoms with Crippen LogP contribution in [0.2, 0.25) is 0 Å². The largest absolute Gasteiger partial charge is 0.369 e. The number of thiophene rings is 1. The molecule has 5 heterocycles. The van der Waals surface area contributed by atoms with Crippen molar-refractivity contribution < 1.29 is 9.53 Å². The van der Waals surface area contributed by atoms with Gasteiger partial charge >= 0.3 is 0 Å². The number of rotatable bonds is 4. The molecule has 5 nitrogen and oxygen atoms in total. The third-order valence-corrected chi connectivity index (χ3v) is 7.33. The van der Waals surface area contributed by atoms with Crippen LogP contribution in [-0.2, 0) is 4.74 Å². The number of carbonyl (C=O) groups excluding carboxylic acids is 1. The van der Waals surface area contributed by atoms with E-state index in [0.29, 0.717) is 24.5 Å². The van der Waals surface area contributed by atoms with Crippen molar-refractivity contribution in [3.8, 4) is 0 Å². The van der Waals surface area contributed by atoms with E-state index in [-0.39, 0.29) is 11.5 Å². The molecule has 3 aliphatic rings. The Hall–Kier alpha value is -1.92. The first-order chi connectivity index (χ1) is 13.0. The molecule has 2 bridgehead atoms. The Morgan fingerprint density at radius 3 is 2.96 bits per heavy atom. The molecule has 5 rings (SSSR count). The van der Waals surface area contributed by atoms with Crippen LogP contribution in [0.15, 0.2) is 29.6 Å². The Morgan fingerprint density at radius 2 is 2.22 bits per heavy atom. The average Bonchev–Trinajstić information content (AvgIpc) is 3.38.